The zero-order valence-corrected chi connectivity index (χ0v) is 20.0. The van der Waals surface area contributed by atoms with Gasteiger partial charge in [-0.25, -0.2) is 0 Å². The molecule has 13 N–H and O–H groups in total. The van der Waals surface area contributed by atoms with Crippen LogP contribution in [0, 0.1) is 0 Å². The molecule has 3 rings (SSSR count). The Morgan fingerprint density at radius 1 is 0.730 bits per heavy atom. The van der Waals surface area contributed by atoms with E-state index in [1.54, 1.807) is 0 Å². The van der Waals surface area contributed by atoms with E-state index in [1.165, 1.54) is 0 Å². The Balaban J connectivity index is 1.83. The lowest BCUT2D eigenvalue weighted by molar-refractivity contribution is -0.350. The first-order valence-electron chi connectivity index (χ1n) is 11.7. The molecular weight excluding hydrogens is 506 g/mol. The molecule has 0 aromatic heterocycles. The zero-order chi connectivity index (χ0) is 27.6. The van der Waals surface area contributed by atoms with Gasteiger partial charge in [-0.2, -0.15) is 0 Å². The van der Waals surface area contributed by atoms with Gasteiger partial charge in [-0.15, -0.1) is 0 Å². The summed E-state index contributed by atoms with van der Waals surface area (Å²) >= 11 is 0. The molecule has 3 aliphatic heterocycles. The quantitative estimate of drug-likeness (QED) is 0.135. The van der Waals surface area contributed by atoms with Gasteiger partial charge in [-0.1, -0.05) is 0 Å². The highest BCUT2D eigenvalue weighted by atomic mass is 16.7. The second-order valence-electron chi connectivity index (χ2n) is 9.24. The first-order valence-corrected chi connectivity index (χ1v) is 11.7. The Morgan fingerprint density at radius 2 is 1.24 bits per heavy atom. The van der Waals surface area contributed by atoms with Crippen LogP contribution in [0.25, 0.3) is 0 Å². The van der Waals surface area contributed by atoms with Crippen molar-refractivity contribution in [3.63, 3.8) is 0 Å². The van der Waals surface area contributed by atoms with Crippen molar-refractivity contribution in [1.29, 1.82) is 0 Å². The number of carbonyl (C=O) groups excluding carboxylic acids is 1. The molecule has 3 aliphatic rings. The molecule has 3 heterocycles. The average molecular weight is 544 g/mol. The van der Waals surface area contributed by atoms with Gasteiger partial charge in [0, 0.05) is 6.92 Å². The van der Waals surface area contributed by atoms with E-state index >= 15 is 0 Å². The van der Waals surface area contributed by atoms with Crippen molar-refractivity contribution in [2.24, 2.45) is 11.5 Å². The SMILES string of the molecule is CC(=O)N[C@H]1[C@H](O[C@@H]2[C@H](O)[C@@H](N)[C@H](O)O[C@@H]2CO)O[C@H](CO)[C@@H](O[C@@H]2O[C@H](CO)[C@@H](O)[C@H](O)[C@H]2N)[C@@H]1O. The standard InChI is InChI=1S/C20H37N3O14/c1-5(27)23-11-15(31)17(36-19-10(22)13(29)12(28)6(2-24)34-19)8(4-26)35-20(11)37-16-7(3-25)33-18(32)9(21)14(16)30/h6-20,24-26,28-32H,2-4,21-22H2,1H3,(H,23,27)/t6-,7-,8-,9-,10-,11-,12-,13-,14-,15-,16+,17-,18-,19+,20+/m1/s1. The summed E-state index contributed by atoms with van der Waals surface area (Å²) in [6.07, 6.45) is -17.6. The normalized spacial score (nSPS) is 49.0. The summed E-state index contributed by atoms with van der Waals surface area (Å²) in [4.78, 5) is 11.9. The lowest BCUT2D eigenvalue weighted by Gasteiger charge is -2.49. The van der Waals surface area contributed by atoms with Crippen LogP contribution in [0.3, 0.4) is 0 Å². The van der Waals surface area contributed by atoms with Crippen LogP contribution in [0.5, 0.6) is 0 Å². The zero-order valence-electron chi connectivity index (χ0n) is 20.0. The fourth-order valence-corrected chi connectivity index (χ4v) is 4.55. The summed E-state index contributed by atoms with van der Waals surface area (Å²) in [6.45, 7) is -0.992. The molecule has 0 saturated carbocycles. The molecule has 3 saturated heterocycles. The number of nitrogens with two attached hydrogens (primary N) is 2. The number of carbonyl (C=O) groups is 1. The molecule has 0 aliphatic carbocycles. The van der Waals surface area contributed by atoms with Gasteiger partial charge in [0.25, 0.3) is 0 Å². The van der Waals surface area contributed by atoms with Crippen molar-refractivity contribution in [3.8, 4) is 0 Å². The summed E-state index contributed by atoms with van der Waals surface area (Å²) in [6, 6.07) is -4.04. The summed E-state index contributed by atoms with van der Waals surface area (Å²) in [5.74, 6) is -0.627. The molecule has 0 aromatic carbocycles. The molecule has 0 unspecified atom stereocenters. The number of rotatable bonds is 8. The second-order valence-corrected chi connectivity index (χ2v) is 9.24. The predicted octanol–water partition coefficient (Wildman–Crippen LogP) is -7.50. The summed E-state index contributed by atoms with van der Waals surface area (Å²) in [5.41, 5.74) is 11.6. The van der Waals surface area contributed by atoms with Crippen LogP contribution in [-0.2, 0) is 28.5 Å². The smallest absolute Gasteiger partial charge is 0.217 e. The number of amides is 1. The second kappa shape index (κ2) is 12.8. The van der Waals surface area contributed by atoms with Crippen molar-refractivity contribution in [3.05, 3.63) is 0 Å². The van der Waals surface area contributed by atoms with Crippen LogP contribution < -0.4 is 16.8 Å². The molecule has 17 heteroatoms. The van der Waals surface area contributed by atoms with Crippen LogP contribution >= 0.6 is 0 Å². The van der Waals surface area contributed by atoms with E-state index in [4.69, 9.17) is 35.2 Å². The third kappa shape index (κ3) is 6.38. The molecular formula is C20H37N3O14. The molecule has 17 nitrogen and oxygen atoms in total. The number of nitrogens with one attached hydrogen (secondary N) is 1. The van der Waals surface area contributed by atoms with E-state index in [0.717, 1.165) is 6.92 Å². The number of aliphatic hydroxyl groups excluding tert-OH is 8. The van der Waals surface area contributed by atoms with Crippen LogP contribution in [0.15, 0.2) is 0 Å². The van der Waals surface area contributed by atoms with Crippen LogP contribution in [0.4, 0.5) is 0 Å². The van der Waals surface area contributed by atoms with Crippen molar-refractivity contribution in [2.45, 2.75) is 98.9 Å². The Kier molecular flexibility index (Phi) is 10.5. The summed E-state index contributed by atoms with van der Waals surface area (Å²) in [7, 11) is 0. The third-order valence-electron chi connectivity index (χ3n) is 6.65. The molecule has 37 heavy (non-hydrogen) atoms. The lowest BCUT2D eigenvalue weighted by atomic mass is 9.94. The van der Waals surface area contributed by atoms with Crippen LogP contribution in [0.2, 0.25) is 0 Å². The highest BCUT2D eigenvalue weighted by Gasteiger charge is 2.53. The first-order chi connectivity index (χ1) is 17.4. The van der Waals surface area contributed by atoms with Gasteiger partial charge < -0.3 is 81.3 Å². The lowest BCUT2D eigenvalue weighted by Crippen LogP contribution is -2.70. The van der Waals surface area contributed by atoms with Gasteiger partial charge in [-0.3, -0.25) is 4.79 Å². The minimum Gasteiger partial charge on any atom is -0.394 e. The van der Waals surface area contributed by atoms with E-state index in [0.29, 0.717) is 0 Å². The van der Waals surface area contributed by atoms with Crippen molar-refractivity contribution in [1.82, 2.24) is 5.32 Å². The molecule has 0 aromatic rings. The Bertz CT molecular complexity index is 749. The van der Waals surface area contributed by atoms with Crippen molar-refractivity contribution >= 4 is 5.91 Å². The number of ether oxygens (including phenoxy) is 5. The van der Waals surface area contributed by atoms with Gasteiger partial charge in [0.2, 0.25) is 5.91 Å². The van der Waals surface area contributed by atoms with Gasteiger partial charge in [0.15, 0.2) is 18.9 Å². The van der Waals surface area contributed by atoms with Gasteiger partial charge in [-0.05, 0) is 0 Å². The topological polar surface area (TPSA) is 289 Å². The maximum atomic E-state index is 11.9. The molecule has 0 radical (unpaired) electrons. The molecule has 15 atom stereocenters. The van der Waals surface area contributed by atoms with Gasteiger partial charge in [0.1, 0.15) is 61.0 Å². The van der Waals surface area contributed by atoms with E-state index < -0.39 is 118 Å². The first kappa shape index (κ1) is 30.4. The molecule has 0 spiro atoms. The highest BCUT2D eigenvalue weighted by molar-refractivity contribution is 5.73. The van der Waals surface area contributed by atoms with Gasteiger partial charge >= 0.3 is 0 Å². The number of aliphatic hydroxyl groups is 8. The molecule has 1 amide bonds. The summed E-state index contributed by atoms with van der Waals surface area (Å²) in [5, 5.41) is 83.1. The summed E-state index contributed by atoms with van der Waals surface area (Å²) < 4.78 is 27.8. The van der Waals surface area contributed by atoms with Crippen LogP contribution in [-0.4, -0.2) is 159 Å². The third-order valence-corrected chi connectivity index (χ3v) is 6.65. The maximum absolute atomic E-state index is 11.9. The van der Waals surface area contributed by atoms with Gasteiger partial charge in [0.05, 0.1) is 31.9 Å². The number of hydrogen-bond acceptors (Lipinski definition) is 16. The van der Waals surface area contributed by atoms with E-state index in [2.05, 4.69) is 5.32 Å². The maximum Gasteiger partial charge on any atom is 0.217 e. The highest BCUT2D eigenvalue weighted by Crippen LogP contribution is 2.31. The average Bonchev–Trinajstić information content (AvgIpc) is 2.87. The number of hydrogen-bond donors (Lipinski definition) is 11. The van der Waals surface area contributed by atoms with E-state index in [9.17, 15) is 45.6 Å². The monoisotopic (exact) mass is 543 g/mol. The fourth-order valence-electron chi connectivity index (χ4n) is 4.55. The molecule has 3 fully saturated rings. The molecule has 216 valence electrons. The Morgan fingerprint density at radius 3 is 1.81 bits per heavy atom. The fraction of sp³-hybridized carbons (Fsp3) is 0.950. The minimum atomic E-state index is -1.67. The predicted molar refractivity (Wildman–Crippen MR) is 117 cm³/mol. The van der Waals surface area contributed by atoms with E-state index in [-0.39, 0.29) is 0 Å². The minimum absolute atomic E-state index is 0.627. The molecule has 0 bridgehead atoms. The van der Waals surface area contributed by atoms with Crippen molar-refractivity contribution < 1.29 is 69.3 Å². The Labute approximate surface area is 211 Å². The van der Waals surface area contributed by atoms with Crippen LogP contribution in [0.1, 0.15) is 6.92 Å². The van der Waals surface area contributed by atoms with E-state index in [1.807, 2.05) is 0 Å². The Hall–Kier alpha value is -1.13. The largest absolute Gasteiger partial charge is 0.394 e. The van der Waals surface area contributed by atoms with Crippen molar-refractivity contribution in [2.75, 3.05) is 19.8 Å².